The third kappa shape index (κ3) is 2.84. The van der Waals surface area contributed by atoms with Crippen LogP contribution in [-0.2, 0) is 14.5 Å². The van der Waals surface area contributed by atoms with Gasteiger partial charge in [0.1, 0.15) is 17.7 Å². The zero-order valence-corrected chi connectivity index (χ0v) is 14.9. The van der Waals surface area contributed by atoms with E-state index in [1.54, 1.807) is 7.11 Å². The van der Waals surface area contributed by atoms with Gasteiger partial charge in [0, 0.05) is 22.5 Å². The number of ether oxygens (including phenoxy) is 1. The molecule has 0 fully saturated rings. The summed E-state index contributed by atoms with van der Waals surface area (Å²) < 4.78 is 23.7. The Morgan fingerprint density at radius 2 is 2.00 bits per heavy atom. The van der Waals surface area contributed by atoms with Gasteiger partial charge >= 0.3 is 0 Å². The second-order valence-corrected chi connectivity index (χ2v) is 8.49. The Balaban J connectivity index is 2.30. The SMILES string of the molecule is COc1cc(C)cc2c1N=S(=O)(c1ccccc1)C[C@@H]2[C@H](C)C=O. The van der Waals surface area contributed by atoms with Crippen molar-refractivity contribution < 1.29 is 13.7 Å². The van der Waals surface area contributed by atoms with Gasteiger partial charge in [-0.2, -0.15) is 4.36 Å². The molecule has 0 bridgehead atoms. The molecule has 24 heavy (non-hydrogen) atoms. The van der Waals surface area contributed by atoms with Gasteiger partial charge in [-0.3, -0.25) is 0 Å². The first-order valence-electron chi connectivity index (χ1n) is 7.92. The zero-order chi connectivity index (χ0) is 17.3. The van der Waals surface area contributed by atoms with Crippen LogP contribution in [0.15, 0.2) is 51.7 Å². The minimum Gasteiger partial charge on any atom is -0.494 e. The Kier molecular flexibility index (Phi) is 4.45. The van der Waals surface area contributed by atoms with Crippen LogP contribution in [0.25, 0.3) is 0 Å². The fraction of sp³-hybridized carbons (Fsp3) is 0.316. The fourth-order valence-corrected chi connectivity index (χ4v) is 5.55. The van der Waals surface area contributed by atoms with Gasteiger partial charge in [-0.25, -0.2) is 4.21 Å². The van der Waals surface area contributed by atoms with Crippen molar-refractivity contribution in [1.82, 2.24) is 0 Å². The summed E-state index contributed by atoms with van der Waals surface area (Å²) in [6, 6.07) is 13.2. The highest BCUT2D eigenvalue weighted by Crippen LogP contribution is 2.45. The van der Waals surface area contributed by atoms with Crippen LogP contribution in [0, 0.1) is 12.8 Å². The molecule has 0 saturated heterocycles. The Morgan fingerprint density at radius 1 is 1.29 bits per heavy atom. The van der Waals surface area contributed by atoms with E-state index in [1.165, 1.54) is 0 Å². The number of hydrogen-bond donors (Lipinski definition) is 0. The van der Waals surface area contributed by atoms with Crippen LogP contribution in [0.5, 0.6) is 5.75 Å². The van der Waals surface area contributed by atoms with Crippen molar-refractivity contribution in [3.05, 3.63) is 53.6 Å². The van der Waals surface area contributed by atoms with Gasteiger partial charge in [-0.05, 0) is 36.2 Å². The zero-order valence-electron chi connectivity index (χ0n) is 14.1. The van der Waals surface area contributed by atoms with Crippen LogP contribution >= 0.6 is 0 Å². The number of hydrogen-bond acceptors (Lipinski definition) is 4. The molecule has 2 aromatic rings. The number of aryl methyl sites for hydroxylation is 1. The Bertz CT molecular complexity index is 883. The maximum atomic E-state index is 13.6. The van der Waals surface area contributed by atoms with Crippen molar-refractivity contribution in [3.63, 3.8) is 0 Å². The molecular weight excluding hydrogens is 322 g/mol. The number of rotatable bonds is 4. The molecule has 3 rings (SSSR count). The molecule has 1 aliphatic rings. The first-order chi connectivity index (χ1) is 11.5. The van der Waals surface area contributed by atoms with E-state index >= 15 is 0 Å². The predicted molar refractivity (Wildman–Crippen MR) is 95.5 cm³/mol. The molecule has 0 aromatic heterocycles. The highest BCUT2D eigenvalue weighted by Gasteiger charge is 2.33. The van der Waals surface area contributed by atoms with E-state index in [-0.39, 0.29) is 11.8 Å². The van der Waals surface area contributed by atoms with E-state index in [0.29, 0.717) is 22.1 Å². The third-order valence-corrected chi connectivity index (χ3v) is 6.77. The average Bonchev–Trinajstić information content (AvgIpc) is 2.61. The fourth-order valence-electron chi connectivity index (χ4n) is 3.14. The number of fused-ring (bicyclic) bond motifs is 1. The van der Waals surface area contributed by atoms with Crippen LogP contribution in [0.3, 0.4) is 0 Å². The molecule has 1 heterocycles. The van der Waals surface area contributed by atoms with Crippen LogP contribution in [0.4, 0.5) is 5.69 Å². The maximum Gasteiger partial charge on any atom is 0.145 e. The molecule has 4 nitrogen and oxygen atoms in total. The molecule has 5 heteroatoms. The number of methoxy groups -OCH3 is 1. The first kappa shape index (κ1) is 16.7. The highest BCUT2D eigenvalue weighted by molar-refractivity contribution is 7.93. The molecule has 0 spiro atoms. The molecule has 0 radical (unpaired) electrons. The normalized spacial score (nSPS) is 23.7. The molecule has 3 atom stereocenters. The lowest BCUT2D eigenvalue weighted by molar-refractivity contribution is -0.111. The van der Waals surface area contributed by atoms with Gasteiger partial charge in [0.25, 0.3) is 0 Å². The Labute approximate surface area is 143 Å². The average molecular weight is 343 g/mol. The lowest BCUT2D eigenvalue weighted by atomic mass is 9.87. The molecule has 1 aliphatic heterocycles. The molecule has 0 aliphatic carbocycles. The molecule has 0 saturated carbocycles. The van der Waals surface area contributed by atoms with E-state index in [2.05, 4.69) is 4.36 Å². The summed E-state index contributed by atoms with van der Waals surface area (Å²) in [5.41, 5.74) is 2.60. The number of nitrogens with zero attached hydrogens (tertiary/aromatic N) is 1. The Hall–Kier alpha value is -2.14. The topological polar surface area (TPSA) is 55.7 Å². The molecule has 0 N–H and O–H groups in total. The summed E-state index contributed by atoms with van der Waals surface area (Å²) in [5.74, 6) is 0.569. The van der Waals surface area contributed by atoms with Crippen LogP contribution in [0.2, 0.25) is 0 Å². The standard InChI is InChI=1S/C19H21NO3S/c1-13-9-16-17(14(2)11-21)12-24(22,15-7-5-4-6-8-15)20-19(16)18(10-13)23-3/h4-11,14,17H,12H2,1-3H3/t14-,17-,24?/m1/s1. The second-order valence-electron chi connectivity index (χ2n) is 6.22. The molecule has 2 aromatic carbocycles. The second kappa shape index (κ2) is 6.40. The number of benzene rings is 2. The molecule has 126 valence electrons. The minimum absolute atomic E-state index is 0.142. The maximum absolute atomic E-state index is 13.6. The van der Waals surface area contributed by atoms with Crippen molar-refractivity contribution in [3.8, 4) is 5.75 Å². The van der Waals surface area contributed by atoms with Gasteiger partial charge in [0.2, 0.25) is 0 Å². The summed E-state index contributed by atoms with van der Waals surface area (Å²) in [5, 5.41) is 0. The quantitative estimate of drug-likeness (QED) is 0.786. The van der Waals surface area contributed by atoms with Crippen molar-refractivity contribution in [2.75, 3.05) is 12.9 Å². The Morgan fingerprint density at radius 3 is 2.62 bits per heavy atom. The van der Waals surface area contributed by atoms with E-state index in [9.17, 15) is 9.00 Å². The summed E-state index contributed by atoms with van der Waals surface area (Å²) in [6.07, 6.45) is 0.930. The molecule has 0 amide bonds. The van der Waals surface area contributed by atoms with Crippen LogP contribution in [-0.4, -0.2) is 23.4 Å². The third-order valence-electron chi connectivity index (χ3n) is 4.47. The first-order valence-corrected chi connectivity index (χ1v) is 9.60. The van der Waals surface area contributed by atoms with Gasteiger partial charge in [-0.15, -0.1) is 0 Å². The monoisotopic (exact) mass is 343 g/mol. The number of aldehydes is 1. The highest BCUT2D eigenvalue weighted by atomic mass is 32.2. The van der Waals surface area contributed by atoms with Crippen molar-refractivity contribution >= 4 is 21.7 Å². The number of carbonyl (C=O) groups excluding carboxylic acids is 1. The lowest BCUT2D eigenvalue weighted by Crippen LogP contribution is -2.24. The minimum atomic E-state index is -2.65. The number of carbonyl (C=O) groups is 1. The molecule has 1 unspecified atom stereocenters. The summed E-state index contributed by atoms with van der Waals surface area (Å²) in [4.78, 5) is 12.1. The molecular formula is C19H21NO3S. The van der Waals surface area contributed by atoms with E-state index in [4.69, 9.17) is 4.74 Å². The predicted octanol–water partition coefficient (Wildman–Crippen LogP) is 4.09. The van der Waals surface area contributed by atoms with Crippen molar-refractivity contribution in [2.24, 2.45) is 10.3 Å². The summed E-state index contributed by atoms with van der Waals surface area (Å²) in [6.45, 7) is 3.85. The van der Waals surface area contributed by atoms with E-state index in [1.807, 2.05) is 56.3 Å². The van der Waals surface area contributed by atoms with Gasteiger partial charge in [0.05, 0.1) is 16.8 Å². The van der Waals surface area contributed by atoms with Crippen LogP contribution in [0.1, 0.15) is 24.0 Å². The van der Waals surface area contributed by atoms with E-state index < -0.39 is 9.73 Å². The summed E-state index contributed by atoms with van der Waals surface area (Å²) >= 11 is 0. The van der Waals surface area contributed by atoms with Gasteiger partial charge in [-0.1, -0.05) is 31.2 Å². The lowest BCUT2D eigenvalue weighted by Gasteiger charge is -2.29. The van der Waals surface area contributed by atoms with Crippen LogP contribution < -0.4 is 4.74 Å². The van der Waals surface area contributed by atoms with E-state index in [0.717, 1.165) is 17.4 Å². The van der Waals surface area contributed by atoms with Crippen molar-refractivity contribution in [1.29, 1.82) is 0 Å². The smallest absolute Gasteiger partial charge is 0.145 e. The summed E-state index contributed by atoms with van der Waals surface area (Å²) in [7, 11) is -1.06. The van der Waals surface area contributed by atoms with Gasteiger partial charge < -0.3 is 9.53 Å². The van der Waals surface area contributed by atoms with Gasteiger partial charge in [0.15, 0.2) is 0 Å². The van der Waals surface area contributed by atoms with Crippen molar-refractivity contribution in [2.45, 2.75) is 24.7 Å². The largest absolute Gasteiger partial charge is 0.494 e.